The number of aliphatic carboxylic acids is 2. The molecular weight excluding hydrogens is 354 g/mol. The number of para-hydroxylation sites is 1. The molecule has 0 bridgehead atoms. The van der Waals surface area contributed by atoms with E-state index in [1.807, 2.05) is 18.2 Å². The third-order valence-corrected chi connectivity index (χ3v) is 4.17. The van der Waals surface area contributed by atoms with Gasteiger partial charge in [-0.3, -0.25) is 0 Å². The van der Waals surface area contributed by atoms with Crippen LogP contribution in [-0.2, 0) is 9.59 Å². The lowest BCUT2D eigenvalue weighted by molar-refractivity contribution is -0.159. The van der Waals surface area contributed by atoms with Gasteiger partial charge in [-0.1, -0.05) is 13.0 Å². The number of carbonyl (C=O) groups is 2. The van der Waals surface area contributed by atoms with Crippen LogP contribution >= 0.6 is 0 Å². The molecule has 8 nitrogen and oxygen atoms in total. The molecule has 0 aliphatic carbocycles. The van der Waals surface area contributed by atoms with E-state index in [2.05, 4.69) is 11.8 Å². The molecule has 2 N–H and O–H groups in total. The lowest BCUT2D eigenvalue weighted by Crippen LogP contribution is -2.35. The Labute approximate surface area is 159 Å². The summed E-state index contributed by atoms with van der Waals surface area (Å²) in [6.07, 6.45) is 3.71. The Morgan fingerprint density at radius 1 is 1.15 bits per heavy atom. The average molecular weight is 383 g/mol. The van der Waals surface area contributed by atoms with Gasteiger partial charge in [0.2, 0.25) is 5.75 Å². The largest absolute Gasteiger partial charge is 0.493 e. The lowest BCUT2D eigenvalue weighted by Gasteiger charge is -2.30. The van der Waals surface area contributed by atoms with E-state index in [-0.39, 0.29) is 0 Å². The fraction of sp³-hybridized carbons (Fsp3) is 0.579. The molecule has 152 valence electrons. The standard InChI is InChI=1S/C17H27NO3.C2H2O4/c1-14-7-5-10-18(13-14)11-6-12-21-17-15(19-2)8-4-9-16(17)20-3;3-1(4)2(5)6/h4,8-9,14H,5-7,10-13H2,1-3H3;(H,3,4)(H,5,6). The minimum Gasteiger partial charge on any atom is -0.493 e. The number of carboxylic acid groups (broad SMARTS) is 2. The second kappa shape index (κ2) is 12.0. The summed E-state index contributed by atoms with van der Waals surface area (Å²) in [6, 6.07) is 5.69. The van der Waals surface area contributed by atoms with E-state index < -0.39 is 11.9 Å². The topological polar surface area (TPSA) is 106 Å². The van der Waals surface area contributed by atoms with Crippen LogP contribution in [0.2, 0.25) is 0 Å². The third kappa shape index (κ3) is 8.17. The predicted molar refractivity (Wildman–Crippen MR) is 99.8 cm³/mol. The molecule has 2 rings (SSSR count). The first-order chi connectivity index (χ1) is 12.9. The zero-order valence-corrected chi connectivity index (χ0v) is 16.1. The van der Waals surface area contributed by atoms with Gasteiger partial charge >= 0.3 is 11.9 Å². The molecule has 1 atom stereocenters. The van der Waals surface area contributed by atoms with Crippen LogP contribution in [-0.4, -0.2) is 67.5 Å². The zero-order chi connectivity index (χ0) is 20.2. The van der Waals surface area contributed by atoms with E-state index >= 15 is 0 Å². The summed E-state index contributed by atoms with van der Waals surface area (Å²) in [6.45, 7) is 6.56. The van der Waals surface area contributed by atoms with Crippen molar-refractivity contribution in [3.8, 4) is 17.2 Å². The number of hydrogen-bond acceptors (Lipinski definition) is 6. The summed E-state index contributed by atoms with van der Waals surface area (Å²) in [7, 11) is 3.30. The second-order valence-electron chi connectivity index (χ2n) is 6.35. The number of piperidine rings is 1. The smallest absolute Gasteiger partial charge is 0.414 e. The van der Waals surface area contributed by atoms with Crippen molar-refractivity contribution in [2.75, 3.05) is 40.5 Å². The first-order valence-corrected chi connectivity index (χ1v) is 8.91. The molecule has 8 heteroatoms. The molecule has 0 amide bonds. The van der Waals surface area contributed by atoms with Crippen molar-refractivity contribution in [2.45, 2.75) is 26.2 Å². The van der Waals surface area contributed by atoms with Gasteiger partial charge in [0.05, 0.1) is 20.8 Å². The van der Waals surface area contributed by atoms with E-state index in [1.54, 1.807) is 14.2 Å². The first-order valence-electron chi connectivity index (χ1n) is 8.91. The van der Waals surface area contributed by atoms with Crippen LogP contribution < -0.4 is 14.2 Å². The molecule has 1 aliphatic heterocycles. The molecule has 1 saturated heterocycles. The Bertz CT molecular complexity index is 571. The van der Waals surface area contributed by atoms with Gasteiger partial charge in [0, 0.05) is 13.1 Å². The molecule has 0 spiro atoms. The molecule has 0 radical (unpaired) electrons. The van der Waals surface area contributed by atoms with E-state index in [1.165, 1.54) is 25.9 Å². The highest BCUT2D eigenvalue weighted by molar-refractivity contribution is 6.27. The number of carboxylic acids is 2. The van der Waals surface area contributed by atoms with Gasteiger partial charge in [0.1, 0.15) is 0 Å². The van der Waals surface area contributed by atoms with Crippen LogP contribution in [0.1, 0.15) is 26.2 Å². The van der Waals surface area contributed by atoms with Crippen molar-refractivity contribution in [3.05, 3.63) is 18.2 Å². The van der Waals surface area contributed by atoms with Crippen molar-refractivity contribution in [2.24, 2.45) is 5.92 Å². The second-order valence-corrected chi connectivity index (χ2v) is 6.35. The zero-order valence-electron chi connectivity index (χ0n) is 16.1. The Morgan fingerprint density at radius 3 is 2.22 bits per heavy atom. The van der Waals surface area contributed by atoms with Gasteiger partial charge < -0.3 is 29.3 Å². The molecular formula is C19H29NO7. The Kier molecular flexibility index (Phi) is 10.0. The average Bonchev–Trinajstić information content (AvgIpc) is 2.65. The Balaban J connectivity index is 0.000000527. The highest BCUT2D eigenvalue weighted by atomic mass is 16.5. The summed E-state index contributed by atoms with van der Waals surface area (Å²) >= 11 is 0. The van der Waals surface area contributed by atoms with Gasteiger partial charge in [-0.2, -0.15) is 0 Å². The third-order valence-electron chi connectivity index (χ3n) is 4.17. The first kappa shape index (κ1) is 22.6. The number of nitrogens with zero attached hydrogens (tertiary/aromatic N) is 1. The quantitative estimate of drug-likeness (QED) is 0.546. The number of methoxy groups -OCH3 is 2. The molecule has 0 aromatic heterocycles. The van der Waals surface area contributed by atoms with Gasteiger partial charge in [0.25, 0.3) is 0 Å². The number of rotatable bonds is 7. The summed E-state index contributed by atoms with van der Waals surface area (Å²) in [5, 5.41) is 14.8. The fourth-order valence-electron chi connectivity index (χ4n) is 2.91. The highest BCUT2D eigenvalue weighted by Crippen LogP contribution is 2.36. The van der Waals surface area contributed by atoms with Crippen LogP contribution in [0.5, 0.6) is 17.2 Å². The minimum absolute atomic E-state index is 0.682. The van der Waals surface area contributed by atoms with Crippen molar-refractivity contribution in [3.63, 3.8) is 0 Å². The Hall–Kier alpha value is -2.48. The van der Waals surface area contributed by atoms with Crippen molar-refractivity contribution < 1.29 is 34.0 Å². The molecule has 27 heavy (non-hydrogen) atoms. The van der Waals surface area contributed by atoms with Gasteiger partial charge in [-0.15, -0.1) is 0 Å². The molecule has 1 unspecified atom stereocenters. The molecule has 1 heterocycles. The lowest BCUT2D eigenvalue weighted by atomic mass is 10.0. The number of benzene rings is 1. The molecule has 0 saturated carbocycles. The highest BCUT2D eigenvalue weighted by Gasteiger charge is 2.16. The molecule has 1 aliphatic rings. The normalized spacial score (nSPS) is 16.6. The van der Waals surface area contributed by atoms with Gasteiger partial charge in [0.15, 0.2) is 11.5 Å². The van der Waals surface area contributed by atoms with E-state index in [0.717, 1.165) is 30.4 Å². The van der Waals surface area contributed by atoms with E-state index in [4.69, 9.17) is 34.0 Å². The van der Waals surface area contributed by atoms with Crippen LogP contribution in [0.4, 0.5) is 0 Å². The summed E-state index contributed by atoms with van der Waals surface area (Å²) in [4.78, 5) is 20.7. The molecule has 1 aromatic carbocycles. The van der Waals surface area contributed by atoms with Crippen LogP contribution in [0, 0.1) is 5.92 Å². The maximum Gasteiger partial charge on any atom is 0.414 e. The summed E-state index contributed by atoms with van der Waals surface area (Å²) in [5.41, 5.74) is 0. The Morgan fingerprint density at radius 2 is 1.74 bits per heavy atom. The van der Waals surface area contributed by atoms with Gasteiger partial charge in [-0.25, -0.2) is 9.59 Å². The van der Waals surface area contributed by atoms with E-state index in [0.29, 0.717) is 12.4 Å². The number of hydrogen-bond donors (Lipinski definition) is 2. The fourth-order valence-corrected chi connectivity index (χ4v) is 2.91. The molecule has 1 fully saturated rings. The number of likely N-dealkylation sites (tertiary alicyclic amines) is 1. The van der Waals surface area contributed by atoms with E-state index in [9.17, 15) is 0 Å². The minimum atomic E-state index is -1.82. The van der Waals surface area contributed by atoms with Crippen molar-refractivity contribution >= 4 is 11.9 Å². The predicted octanol–water partition coefficient (Wildman–Crippen LogP) is 2.36. The summed E-state index contributed by atoms with van der Waals surface area (Å²) in [5.74, 6) is -0.671. The van der Waals surface area contributed by atoms with Crippen LogP contribution in [0.25, 0.3) is 0 Å². The maximum absolute atomic E-state index is 9.10. The maximum atomic E-state index is 9.10. The number of ether oxygens (including phenoxy) is 3. The van der Waals surface area contributed by atoms with Crippen molar-refractivity contribution in [1.82, 2.24) is 4.90 Å². The molecule has 1 aromatic rings. The van der Waals surface area contributed by atoms with Crippen molar-refractivity contribution in [1.29, 1.82) is 0 Å². The SMILES string of the molecule is COc1cccc(OC)c1OCCCN1CCCC(C)C1.O=C(O)C(=O)O. The van der Waals surface area contributed by atoms with Gasteiger partial charge in [-0.05, 0) is 43.9 Å². The monoisotopic (exact) mass is 383 g/mol. The summed E-state index contributed by atoms with van der Waals surface area (Å²) < 4.78 is 16.6. The van der Waals surface area contributed by atoms with Crippen LogP contribution in [0.15, 0.2) is 18.2 Å². The van der Waals surface area contributed by atoms with Crippen LogP contribution in [0.3, 0.4) is 0 Å².